The molecule has 2 aromatic rings. The molecule has 1 saturated heterocycles. The van der Waals surface area contributed by atoms with Crippen molar-refractivity contribution in [3.05, 3.63) is 66.0 Å². The molecule has 1 aromatic heterocycles. The number of amides is 1. The second kappa shape index (κ2) is 9.59. The first-order valence-electron chi connectivity index (χ1n) is 8.71. The van der Waals surface area contributed by atoms with Crippen LogP contribution in [0.4, 0.5) is 0 Å². The number of ether oxygens (including phenoxy) is 1. The minimum atomic E-state index is 0.0161. The molecule has 0 aliphatic carbocycles. The molecule has 2 heterocycles. The van der Waals surface area contributed by atoms with Gasteiger partial charge in [-0.3, -0.25) is 9.78 Å². The van der Waals surface area contributed by atoms with Crippen molar-refractivity contribution < 1.29 is 9.53 Å². The predicted molar refractivity (Wildman–Crippen MR) is 101 cm³/mol. The summed E-state index contributed by atoms with van der Waals surface area (Å²) in [6, 6.07) is 14.2. The molecule has 1 atom stereocenters. The van der Waals surface area contributed by atoms with E-state index in [0.29, 0.717) is 11.7 Å². The molecule has 4 nitrogen and oxygen atoms in total. The van der Waals surface area contributed by atoms with E-state index in [1.165, 1.54) is 5.56 Å². The Bertz CT molecular complexity index is 645. The Kier molecular flexibility index (Phi) is 6.89. The average molecular weight is 356 g/mol. The summed E-state index contributed by atoms with van der Waals surface area (Å²) in [6.07, 6.45) is 5.56. The predicted octanol–water partition coefficient (Wildman–Crippen LogP) is 3.60. The molecule has 25 heavy (non-hydrogen) atoms. The van der Waals surface area contributed by atoms with Gasteiger partial charge in [-0.2, -0.15) is 0 Å². The number of carbonyl (C=O) groups excluding carboxylic acids is 1. The van der Waals surface area contributed by atoms with Crippen LogP contribution in [0.25, 0.3) is 0 Å². The lowest BCUT2D eigenvalue weighted by Gasteiger charge is -2.31. The van der Waals surface area contributed by atoms with Gasteiger partial charge in [0.1, 0.15) is 0 Å². The van der Waals surface area contributed by atoms with Crippen molar-refractivity contribution in [3.63, 3.8) is 0 Å². The van der Waals surface area contributed by atoms with Crippen molar-refractivity contribution in [1.82, 2.24) is 10.3 Å². The number of hydrogen-bond donors (Lipinski definition) is 1. The third-order valence-electron chi connectivity index (χ3n) is 4.44. The number of benzene rings is 1. The molecule has 1 fully saturated rings. The Hall–Kier alpha value is -1.85. The molecule has 1 aliphatic heterocycles. The largest absolute Gasteiger partial charge is 0.381 e. The number of carbonyl (C=O) groups is 1. The Labute approximate surface area is 153 Å². The maximum absolute atomic E-state index is 12.5. The van der Waals surface area contributed by atoms with E-state index in [1.54, 1.807) is 18.0 Å². The molecule has 0 radical (unpaired) electrons. The molecule has 1 aromatic carbocycles. The van der Waals surface area contributed by atoms with Gasteiger partial charge >= 0.3 is 0 Å². The first-order chi connectivity index (χ1) is 12.3. The highest BCUT2D eigenvalue weighted by molar-refractivity contribution is 7.99. The average Bonchev–Trinajstić information content (AvgIpc) is 2.68. The summed E-state index contributed by atoms with van der Waals surface area (Å²) < 4.78 is 5.47. The molecular formula is C20H24N2O2S. The van der Waals surface area contributed by atoms with Crippen molar-refractivity contribution in [1.29, 1.82) is 0 Å². The molecular weight excluding hydrogens is 332 g/mol. The summed E-state index contributed by atoms with van der Waals surface area (Å²) in [5.41, 5.74) is 2.32. The normalized spacial score (nSPS) is 16.3. The minimum absolute atomic E-state index is 0.0161. The SMILES string of the molecule is O=C(CSCc1ccccc1)N[C@@H](c1cccnc1)C1CCOCC1. The highest BCUT2D eigenvalue weighted by Crippen LogP contribution is 2.29. The molecule has 1 aliphatic rings. The van der Waals surface area contributed by atoms with E-state index in [0.717, 1.165) is 37.4 Å². The number of thioether (sulfide) groups is 1. The van der Waals surface area contributed by atoms with Crippen LogP contribution in [0.2, 0.25) is 0 Å². The summed E-state index contributed by atoms with van der Waals surface area (Å²) in [4.78, 5) is 16.7. The van der Waals surface area contributed by atoms with Crippen LogP contribution in [-0.2, 0) is 15.3 Å². The van der Waals surface area contributed by atoms with Crippen LogP contribution in [-0.4, -0.2) is 29.9 Å². The molecule has 3 rings (SSSR count). The van der Waals surface area contributed by atoms with Crippen molar-refractivity contribution in [3.8, 4) is 0 Å². The van der Waals surface area contributed by atoms with E-state index < -0.39 is 0 Å². The third kappa shape index (κ3) is 5.58. The lowest BCUT2D eigenvalue weighted by atomic mass is 9.87. The van der Waals surface area contributed by atoms with Gasteiger partial charge in [0.25, 0.3) is 0 Å². The molecule has 5 heteroatoms. The second-order valence-corrected chi connectivity index (χ2v) is 7.25. The van der Waals surface area contributed by atoms with E-state index in [2.05, 4.69) is 22.4 Å². The van der Waals surface area contributed by atoms with Crippen LogP contribution >= 0.6 is 11.8 Å². The van der Waals surface area contributed by atoms with Gasteiger partial charge in [-0.25, -0.2) is 0 Å². The smallest absolute Gasteiger partial charge is 0.230 e. The fourth-order valence-corrected chi connectivity index (χ4v) is 3.93. The summed E-state index contributed by atoms with van der Waals surface area (Å²) in [6.45, 7) is 1.53. The van der Waals surface area contributed by atoms with Crippen LogP contribution in [0.3, 0.4) is 0 Å². The number of hydrogen-bond acceptors (Lipinski definition) is 4. The van der Waals surface area contributed by atoms with Crippen LogP contribution in [0.15, 0.2) is 54.9 Å². The van der Waals surface area contributed by atoms with Crippen molar-refractivity contribution in [2.45, 2.75) is 24.6 Å². The van der Waals surface area contributed by atoms with Crippen LogP contribution in [0.1, 0.15) is 30.0 Å². The van der Waals surface area contributed by atoms with Crippen LogP contribution in [0, 0.1) is 5.92 Å². The summed E-state index contributed by atoms with van der Waals surface area (Å²) >= 11 is 1.65. The Morgan fingerprint density at radius 2 is 2.00 bits per heavy atom. The highest BCUT2D eigenvalue weighted by Gasteiger charge is 2.27. The second-order valence-electron chi connectivity index (χ2n) is 6.26. The summed E-state index contributed by atoms with van der Waals surface area (Å²) in [7, 11) is 0. The van der Waals surface area contributed by atoms with Crippen molar-refractivity contribution >= 4 is 17.7 Å². The monoisotopic (exact) mass is 356 g/mol. The number of nitrogens with one attached hydrogen (secondary N) is 1. The number of rotatable bonds is 7. The highest BCUT2D eigenvalue weighted by atomic mass is 32.2. The maximum Gasteiger partial charge on any atom is 0.230 e. The topological polar surface area (TPSA) is 51.2 Å². The first kappa shape index (κ1) is 18.0. The molecule has 0 bridgehead atoms. The van der Waals surface area contributed by atoms with E-state index in [1.807, 2.05) is 36.5 Å². The molecule has 0 unspecified atom stereocenters. The number of aromatic nitrogens is 1. The fourth-order valence-electron chi connectivity index (χ4n) is 3.13. The van der Waals surface area contributed by atoms with Crippen molar-refractivity contribution in [2.24, 2.45) is 5.92 Å². The lowest BCUT2D eigenvalue weighted by Crippen LogP contribution is -2.37. The molecule has 1 N–H and O–H groups in total. The molecule has 0 spiro atoms. The van der Waals surface area contributed by atoms with Gasteiger partial charge in [0.2, 0.25) is 5.91 Å². The van der Waals surface area contributed by atoms with Gasteiger partial charge in [-0.05, 0) is 36.0 Å². The van der Waals surface area contributed by atoms with Crippen LogP contribution < -0.4 is 5.32 Å². The zero-order chi connectivity index (χ0) is 17.3. The van der Waals surface area contributed by atoms with E-state index in [9.17, 15) is 4.79 Å². The Balaban J connectivity index is 1.56. The Morgan fingerprint density at radius 3 is 2.72 bits per heavy atom. The van der Waals surface area contributed by atoms with E-state index in [4.69, 9.17) is 4.74 Å². The summed E-state index contributed by atoms with van der Waals surface area (Å²) in [5.74, 6) is 1.81. The maximum atomic E-state index is 12.5. The van der Waals surface area contributed by atoms with E-state index in [-0.39, 0.29) is 11.9 Å². The number of pyridine rings is 1. The van der Waals surface area contributed by atoms with Gasteiger partial charge in [-0.1, -0.05) is 36.4 Å². The Morgan fingerprint density at radius 1 is 1.20 bits per heavy atom. The quantitative estimate of drug-likeness (QED) is 0.823. The summed E-state index contributed by atoms with van der Waals surface area (Å²) in [5, 5.41) is 3.23. The van der Waals surface area contributed by atoms with Gasteiger partial charge in [0.15, 0.2) is 0 Å². The van der Waals surface area contributed by atoms with Gasteiger partial charge in [-0.15, -0.1) is 11.8 Å². The van der Waals surface area contributed by atoms with Gasteiger partial charge in [0, 0.05) is 31.4 Å². The standard InChI is InChI=1S/C20H24N2O2S/c23-19(15-25-14-16-5-2-1-3-6-16)22-20(17-8-11-24-12-9-17)18-7-4-10-21-13-18/h1-7,10,13,17,20H,8-9,11-12,14-15H2,(H,22,23)/t20-/m1/s1. The molecule has 1 amide bonds. The zero-order valence-corrected chi connectivity index (χ0v) is 15.1. The molecule has 0 saturated carbocycles. The molecule has 132 valence electrons. The van der Waals surface area contributed by atoms with E-state index >= 15 is 0 Å². The lowest BCUT2D eigenvalue weighted by molar-refractivity contribution is -0.120. The first-order valence-corrected chi connectivity index (χ1v) is 9.87. The van der Waals surface area contributed by atoms with Crippen LogP contribution in [0.5, 0.6) is 0 Å². The fraction of sp³-hybridized carbons (Fsp3) is 0.400. The third-order valence-corrected chi connectivity index (χ3v) is 5.45. The van der Waals surface area contributed by atoms with Gasteiger partial charge < -0.3 is 10.1 Å². The van der Waals surface area contributed by atoms with Crippen molar-refractivity contribution in [2.75, 3.05) is 19.0 Å². The van der Waals surface area contributed by atoms with Gasteiger partial charge in [0.05, 0.1) is 11.8 Å². The zero-order valence-electron chi connectivity index (χ0n) is 14.3. The minimum Gasteiger partial charge on any atom is -0.381 e. The number of nitrogens with zero attached hydrogens (tertiary/aromatic N) is 1.